The fraction of sp³-hybridized carbons (Fsp3) is 0. The minimum Gasteiger partial charge on any atom is -0.316 e. The summed E-state index contributed by atoms with van der Waals surface area (Å²) in [4.78, 5) is 22.2. The Morgan fingerprint density at radius 2 is 1.76 bits per heavy atom. The molecule has 7 heteroatoms. The summed E-state index contributed by atoms with van der Waals surface area (Å²) < 4.78 is 1.81. The fourth-order valence-electron chi connectivity index (χ4n) is 2.28. The number of hydrazone groups is 1. The summed E-state index contributed by atoms with van der Waals surface area (Å²) >= 11 is 0. The van der Waals surface area contributed by atoms with Crippen LogP contribution in [0.5, 0.6) is 0 Å². The summed E-state index contributed by atoms with van der Waals surface area (Å²) in [5, 5.41) is 14.7. The molecule has 1 aromatic heterocycles. The highest BCUT2D eigenvalue weighted by atomic mass is 16.6. The summed E-state index contributed by atoms with van der Waals surface area (Å²) in [5.41, 5.74) is 4.50. The molecule has 0 radical (unpaired) electrons. The van der Waals surface area contributed by atoms with Gasteiger partial charge < -0.3 is 4.57 Å². The average Bonchev–Trinajstić information content (AvgIpc) is 3.11. The molecular weight excluding hydrogens is 320 g/mol. The monoisotopic (exact) mass is 334 g/mol. The molecule has 0 fully saturated rings. The van der Waals surface area contributed by atoms with Gasteiger partial charge in [0.2, 0.25) is 0 Å². The third-order valence-electron chi connectivity index (χ3n) is 3.52. The molecule has 124 valence electrons. The molecule has 7 nitrogen and oxygen atoms in total. The molecule has 0 aliphatic carbocycles. The van der Waals surface area contributed by atoms with E-state index >= 15 is 0 Å². The van der Waals surface area contributed by atoms with Gasteiger partial charge in [-0.05, 0) is 36.4 Å². The lowest BCUT2D eigenvalue weighted by atomic mass is 10.2. The molecule has 3 rings (SSSR count). The lowest BCUT2D eigenvalue weighted by molar-refractivity contribution is -0.384. The summed E-state index contributed by atoms with van der Waals surface area (Å²) in [5.74, 6) is -0.301. The van der Waals surface area contributed by atoms with Crippen LogP contribution in [-0.2, 0) is 0 Å². The van der Waals surface area contributed by atoms with E-state index in [0.29, 0.717) is 5.56 Å². The molecule has 25 heavy (non-hydrogen) atoms. The molecule has 0 unspecified atom stereocenters. The predicted molar refractivity (Wildman–Crippen MR) is 93.9 cm³/mol. The Kier molecular flexibility index (Phi) is 4.66. The number of nitrogens with zero attached hydrogens (tertiary/aromatic N) is 3. The molecule has 0 aliphatic rings. The van der Waals surface area contributed by atoms with Gasteiger partial charge in [0, 0.05) is 29.6 Å². The minimum absolute atomic E-state index is 0.0289. The molecule has 0 spiro atoms. The van der Waals surface area contributed by atoms with Crippen LogP contribution in [0.3, 0.4) is 0 Å². The molecule has 1 amide bonds. The lowest BCUT2D eigenvalue weighted by Gasteiger charge is -2.06. The second kappa shape index (κ2) is 7.22. The Labute approximate surface area is 143 Å². The Balaban J connectivity index is 1.73. The largest absolute Gasteiger partial charge is 0.316 e. The zero-order valence-corrected chi connectivity index (χ0v) is 13.1. The van der Waals surface area contributed by atoms with Crippen LogP contribution in [0, 0.1) is 10.1 Å². The topological polar surface area (TPSA) is 89.5 Å². The Bertz CT molecular complexity index is 915. The number of nitro groups is 1. The number of non-ortho nitro benzene ring substituents is 1. The van der Waals surface area contributed by atoms with Gasteiger partial charge in [0.25, 0.3) is 11.6 Å². The molecule has 1 N–H and O–H groups in total. The van der Waals surface area contributed by atoms with Crippen molar-refractivity contribution in [2.75, 3.05) is 0 Å². The van der Waals surface area contributed by atoms with Crippen LogP contribution < -0.4 is 5.43 Å². The van der Waals surface area contributed by atoms with Crippen LogP contribution in [0.25, 0.3) is 5.69 Å². The van der Waals surface area contributed by atoms with Gasteiger partial charge in [-0.1, -0.05) is 18.2 Å². The van der Waals surface area contributed by atoms with Gasteiger partial charge in [-0.25, -0.2) is 5.43 Å². The molecule has 0 saturated carbocycles. The van der Waals surface area contributed by atoms with Gasteiger partial charge >= 0.3 is 0 Å². The molecule has 0 saturated heterocycles. The first kappa shape index (κ1) is 16.1. The standard InChI is InChI=1S/C18H14N4O3/c23-18(14-5-2-1-3-6-14)20-19-13-17-7-4-12-21(17)15-8-10-16(11-9-15)22(24)25/h1-13H,(H,20,23)/b19-13-. The van der Waals surface area contributed by atoms with E-state index in [1.54, 1.807) is 36.4 Å². The molecule has 3 aromatic rings. The van der Waals surface area contributed by atoms with Crippen molar-refractivity contribution in [1.82, 2.24) is 9.99 Å². The van der Waals surface area contributed by atoms with E-state index in [0.717, 1.165) is 11.4 Å². The van der Waals surface area contributed by atoms with E-state index in [9.17, 15) is 14.9 Å². The quantitative estimate of drug-likeness (QED) is 0.441. The zero-order valence-electron chi connectivity index (χ0n) is 13.1. The van der Waals surface area contributed by atoms with Crippen molar-refractivity contribution in [2.45, 2.75) is 0 Å². The first-order valence-electron chi connectivity index (χ1n) is 7.46. The Hall–Kier alpha value is -3.74. The van der Waals surface area contributed by atoms with E-state index in [1.165, 1.54) is 18.3 Å². The number of nitrogens with one attached hydrogen (secondary N) is 1. The summed E-state index contributed by atoms with van der Waals surface area (Å²) in [7, 11) is 0. The summed E-state index contributed by atoms with van der Waals surface area (Å²) in [6.07, 6.45) is 3.32. The van der Waals surface area contributed by atoms with Gasteiger partial charge in [-0.3, -0.25) is 14.9 Å². The van der Waals surface area contributed by atoms with Crippen molar-refractivity contribution >= 4 is 17.8 Å². The predicted octanol–water partition coefficient (Wildman–Crippen LogP) is 3.15. The van der Waals surface area contributed by atoms with Crippen molar-refractivity contribution in [3.8, 4) is 5.69 Å². The highest BCUT2D eigenvalue weighted by molar-refractivity contribution is 5.94. The normalized spacial score (nSPS) is 10.7. The number of nitro benzene ring substituents is 1. The number of carbonyl (C=O) groups excluding carboxylic acids is 1. The Morgan fingerprint density at radius 1 is 1.04 bits per heavy atom. The molecule has 0 bridgehead atoms. The third kappa shape index (κ3) is 3.78. The smallest absolute Gasteiger partial charge is 0.271 e. The van der Waals surface area contributed by atoms with Gasteiger partial charge in [0.15, 0.2) is 0 Å². The van der Waals surface area contributed by atoms with E-state index in [2.05, 4.69) is 10.5 Å². The second-order valence-corrected chi connectivity index (χ2v) is 5.14. The van der Waals surface area contributed by atoms with Crippen LogP contribution in [0.15, 0.2) is 78.0 Å². The van der Waals surface area contributed by atoms with Crippen LogP contribution in [0.1, 0.15) is 16.1 Å². The number of rotatable bonds is 5. The SMILES string of the molecule is O=C(N/N=C\c1cccn1-c1ccc([N+](=O)[O-])cc1)c1ccccc1. The number of aromatic nitrogens is 1. The molecule has 0 aliphatic heterocycles. The fourth-order valence-corrected chi connectivity index (χ4v) is 2.28. The van der Waals surface area contributed by atoms with Crippen LogP contribution in [0.2, 0.25) is 0 Å². The van der Waals surface area contributed by atoms with Crippen LogP contribution in [0.4, 0.5) is 5.69 Å². The average molecular weight is 334 g/mol. The van der Waals surface area contributed by atoms with Crippen LogP contribution >= 0.6 is 0 Å². The number of hydrogen-bond acceptors (Lipinski definition) is 4. The molecule has 0 atom stereocenters. The minimum atomic E-state index is -0.444. The summed E-state index contributed by atoms with van der Waals surface area (Å²) in [6.45, 7) is 0. The van der Waals surface area contributed by atoms with E-state index in [4.69, 9.17) is 0 Å². The maximum Gasteiger partial charge on any atom is 0.271 e. The number of amides is 1. The van der Waals surface area contributed by atoms with Crippen molar-refractivity contribution in [3.63, 3.8) is 0 Å². The number of hydrogen-bond donors (Lipinski definition) is 1. The van der Waals surface area contributed by atoms with Crippen molar-refractivity contribution in [2.24, 2.45) is 5.10 Å². The maximum atomic E-state index is 11.9. The van der Waals surface area contributed by atoms with Crippen molar-refractivity contribution in [1.29, 1.82) is 0 Å². The van der Waals surface area contributed by atoms with E-state index in [1.807, 2.05) is 29.0 Å². The molecule has 1 heterocycles. The van der Waals surface area contributed by atoms with Gasteiger partial charge in [-0.15, -0.1) is 0 Å². The number of benzene rings is 2. The van der Waals surface area contributed by atoms with Crippen molar-refractivity contribution < 1.29 is 9.72 Å². The lowest BCUT2D eigenvalue weighted by Crippen LogP contribution is -2.17. The van der Waals surface area contributed by atoms with Gasteiger partial charge in [0.1, 0.15) is 0 Å². The highest BCUT2D eigenvalue weighted by Crippen LogP contribution is 2.16. The van der Waals surface area contributed by atoms with Crippen molar-refractivity contribution in [3.05, 3.63) is 94.3 Å². The summed E-state index contributed by atoms with van der Waals surface area (Å²) in [6, 6.07) is 18.6. The van der Waals surface area contributed by atoms with Gasteiger partial charge in [-0.2, -0.15) is 5.10 Å². The maximum absolute atomic E-state index is 11.9. The third-order valence-corrected chi connectivity index (χ3v) is 3.52. The molecular formula is C18H14N4O3. The first-order valence-corrected chi connectivity index (χ1v) is 7.46. The van der Waals surface area contributed by atoms with E-state index in [-0.39, 0.29) is 11.6 Å². The molecule has 2 aromatic carbocycles. The Morgan fingerprint density at radius 3 is 2.44 bits per heavy atom. The second-order valence-electron chi connectivity index (χ2n) is 5.14. The highest BCUT2D eigenvalue weighted by Gasteiger charge is 2.07. The first-order chi connectivity index (χ1) is 12.1. The van der Waals surface area contributed by atoms with Crippen LogP contribution in [-0.4, -0.2) is 21.6 Å². The van der Waals surface area contributed by atoms with Gasteiger partial charge in [0.05, 0.1) is 16.8 Å². The zero-order chi connectivity index (χ0) is 17.6. The number of carbonyl (C=O) groups is 1. The van der Waals surface area contributed by atoms with E-state index < -0.39 is 4.92 Å².